The Kier molecular flexibility index (Phi) is 4.10. The minimum atomic E-state index is -4.51. The molecule has 1 aromatic carbocycles. The van der Waals surface area contributed by atoms with E-state index >= 15 is 0 Å². The highest BCUT2D eigenvalue weighted by Crippen LogP contribution is 2.29. The van der Waals surface area contributed by atoms with Crippen molar-refractivity contribution in [2.75, 3.05) is 0 Å². The fraction of sp³-hybridized carbons (Fsp3) is 0.133. The molecule has 0 atom stereocenters. The highest BCUT2D eigenvalue weighted by Gasteiger charge is 2.30. The summed E-state index contributed by atoms with van der Waals surface area (Å²) in [5.74, 6) is -0.625. The Bertz CT molecular complexity index is 962. The first-order valence-corrected chi connectivity index (χ1v) is 7.58. The lowest BCUT2D eigenvalue weighted by Gasteiger charge is -2.08. The summed E-state index contributed by atoms with van der Waals surface area (Å²) in [7, 11) is 0. The fourth-order valence-corrected chi connectivity index (χ4v) is 3.05. The smallest absolute Gasteiger partial charge is 0.347 e. The molecule has 0 bridgehead atoms. The molecule has 0 saturated carbocycles. The van der Waals surface area contributed by atoms with Crippen molar-refractivity contribution in [1.82, 2.24) is 15.3 Å². The first kappa shape index (κ1) is 16.2. The SMILES string of the molecule is O=C(NCc1cc2c(=O)[nH]cnc2s1)c1cccc(C(F)(F)F)c1. The number of H-pyrrole nitrogens is 1. The van der Waals surface area contributed by atoms with E-state index < -0.39 is 17.6 Å². The average Bonchev–Trinajstić information content (AvgIpc) is 2.96. The number of carbonyl (C=O) groups is 1. The summed E-state index contributed by atoms with van der Waals surface area (Å²) in [5.41, 5.74) is -1.25. The number of hydrogen-bond acceptors (Lipinski definition) is 4. The lowest BCUT2D eigenvalue weighted by atomic mass is 10.1. The minimum Gasteiger partial charge on any atom is -0.347 e. The molecule has 0 saturated heterocycles. The zero-order chi connectivity index (χ0) is 17.3. The molecular weight excluding hydrogens is 343 g/mol. The summed E-state index contributed by atoms with van der Waals surface area (Å²) in [6, 6.07) is 5.79. The first-order valence-electron chi connectivity index (χ1n) is 6.76. The van der Waals surface area contributed by atoms with Crippen molar-refractivity contribution in [2.24, 2.45) is 0 Å². The molecule has 0 fully saturated rings. The van der Waals surface area contributed by atoms with Gasteiger partial charge in [-0.05, 0) is 24.3 Å². The van der Waals surface area contributed by atoms with Crippen LogP contribution in [0.2, 0.25) is 0 Å². The number of alkyl halides is 3. The number of aromatic amines is 1. The predicted molar refractivity (Wildman–Crippen MR) is 82.9 cm³/mol. The Balaban J connectivity index is 1.75. The maximum absolute atomic E-state index is 12.7. The van der Waals surface area contributed by atoms with E-state index in [-0.39, 0.29) is 17.7 Å². The minimum absolute atomic E-state index is 0.0816. The number of hydrogen-bond donors (Lipinski definition) is 2. The number of thiophene rings is 1. The summed E-state index contributed by atoms with van der Waals surface area (Å²) in [4.78, 5) is 31.3. The third kappa shape index (κ3) is 3.30. The van der Waals surface area contributed by atoms with Crippen molar-refractivity contribution in [3.8, 4) is 0 Å². The van der Waals surface area contributed by atoms with Crippen LogP contribution in [0.5, 0.6) is 0 Å². The number of nitrogens with one attached hydrogen (secondary N) is 2. The maximum atomic E-state index is 12.7. The summed E-state index contributed by atoms with van der Waals surface area (Å²) >= 11 is 1.23. The summed E-state index contributed by atoms with van der Waals surface area (Å²) in [5, 5.41) is 2.95. The molecule has 2 heterocycles. The second-order valence-electron chi connectivity index (χ2n) is 4.92. The number of aromatic nitrogens is 2. The lowest BCUT2D eigenvalue weighted by molar-refractivity contribution is -0.137. The van der Waals surface area contributed by atoms with Gasteiger partial charge in [-0.25, -0.2) is 4.98 Å². The number of nitrogens with zero attached hydrogens (tertiary/aromatic N) is 1. The van der Waals surface area contributed by atoms with Crippen molar-refractivity contribution in [1.29, 1.82) is 0 Å². The van der Waals surface area contributed by atoms with Crippen LogP contribution in [0.15, 0.2) is 41.5 Å². The van der Waals surface area contributed by atoms with Crippen molar-refractivity contribution in [3.05, 3.63) is 63.0 Å². The van der Waals surface area contributed by atoms with Gasteiger partial charge in [0.15, 0.2) is 0 Å². The Morgan fingerprint density at radius 3 is 2.79 bits per heavy atom. The molecule has 3 aromatic rings. The molecule has 124 valence electrons. The number of rotatable bonds is 3. The molecule has 2 N–H and O–H groups in total. The molecule has 2 aromatic heterocycles. The molecule has 9 heteroatoms. The van der Waals surface area contributed by atoms with Gasteiger partial charge >= 0.3 is 6.18 Å². The molecule has 0 aliphatic carbocycles. The van der Waals surface area contributed by atoms with E-state index in [1.165, 1.54) is 29.8 Å². The second kappa shape index (κ2) is 6.08. The van der Waals surface area contributed by atoms with Crippen LogP contribution in [0.25, 0.3) is 10.2 Å². The number of amides is 1. The van der Waals surface area contributed by atoms with Crippen LogP contribution in [0.3, 0.4) is 0 Å². The Labute approximate surface area is 137 Å². The topological polar surface area (TPSA) is 74.8 Å². The molecule has 0 unspecified atom stereocenters. The van der Waals surface area contributed by atoms with Crippen LogP contribution in [-0.2, 0) is 12.7 Å². The Morgan fingerprint density at radius 2 is 2.08 bits per heavy atom. The second-order valence-corrected chi connectivity index (χ2v) is 6.04. The van der Waals surface area contributed by atoms with Gasteiger partial charge in [-0.2, -0.15) is 13.2 Å². The number of fused-ring (bicyclic) bond motifs is 1. The summed E-state index contributed by atoms with van der Waals surface area (Å²) < 4.78 is 38.0. The number of carbonyl (C=O) groups excluding carboxylic acids is 1. The quantitative estimate of drug-likeness (QED) is 0.760. The normalized spacial score (nSPS) is 11.6. The van der Waals surface area contributed by atoms with E-state index in [1.807, 2.05) is 0 Å². The van der Waals surface area contributed by atoms with Crippen molar-refractivity contribution in [2.45, 2.75) is 12.7 Å². The maximum Gasteiger partial charge on any atom is 0.416 e. The monoisotopic (exact) mass is 353 g/mol. The van der Waals surface area contributed by atoms with Gasteiger partial charge in [0, 0.05) is 10.4 Å². The van der Waals surface area contributed by atoms with Crippen molar-refractivity contribution < 1.29 is 18.0 Å². The van der Waals surface area contributed by atoms with Crippen LogP contribution >= 0.6 is 11.3 Å². The van der Waals surface area contributed by atoms with Gasteiger partial charge in [0.2, 0.25) is 0 Å². The number of benzene rings is 1. The van der Waals surface area contributed by atoms with Crippen molar-refractivity contribution >= 4 is 27.5 Å². The van der Waals surface area contributed by atoms with Gasteiger partial charge in [-0.15, -0.1) is 11.3 Å². The van der Waals surface area contributed by atoms with Crippen LogP contribution < -0.4 is 10.9 Å². The lowest BCUT2D eigenvalue weighted by Crippen LogP contribution is -2.22. The van der Waals surface area contributed by atoms with E-state index in [0.717, 1.165) is 12.1 Å². The van der Waals surface area contributed by atoms with Crippen LogP contribution in [-0.4, -0.2) is 15.9 Å². The summed E-state index contributed by atoms with van der Waals surface area (Å²) in [6.45, 7) is 0.0928. The standard InChI is InChI=1S/C15H10F3N3O2S/c16-15(17,18)9-3-1-2-8(4-9)12(22)19-6-10-5-11-13(23)20-7-21-14(11)24-10/h1-5,7H,6H2,(H,19,22)(H,20,21,23). The van der Waals surface area contributed by atoms with E-state index in [2.05, 4.69) is 15.3 Å². The van der Waals surface area contributed by atoms with E-state index in [9.17, 15) is 22.8 Å². The highest BCUT2D eigenvalue weighted by atomic mass is 32.1. The van der Waals surface area contributed by atoms with Crippen LogP contribution in [0, 0.1) is 0 Å². The molecule has 1 amide bonds. The fourth-order valence-electron chi connectivity index (χ4n) is 2.11. The van der Waals surface area contributed by atoms with Crippen LogP contribution in [0.4, 0.5) is 13.2 Å². The highest BCUT2D eigenvalue weighted by molar-refractivity contribution is 7.18. The Morgan fingerprint density at radius 1 is 1.29 bits per heavy atom. The molecule has 0 spiro atoms. The van der Waals surface area contributed by atoms with Crippen LogP contribution in [0.1, 0.15) is 20.8 Å². The van der Waals surface area contributed by atoms with Crippen molar-refractivity contribution in [3.63, 3.8) is 0 Å². The average molecular weight is 353 g/mol. The van der Waals surface area contributed by atoms with Gasteiger partial charge in [-0.3, -0.25) is 9.59 Å². The molecule has 0 aliphatic heterocycles. The summed E-state index contributed by atoms with van der Waals surface area (Å²) in [6.07, 6.45) is -3.22. The predicted octanol–water partition coefficient (Wildman–Crippen LogP) is 2.93. The molecular formula is C15H10F3N3O2S. The van der Waals surface area contributed by atoms with E-state index in [4.69, 9.17) is 0 Å². The zero-order valence-corrected chi connectivity index (χ0v) is 12.8. The third-order valence-corrected chi connectivity index (χ3v) is 4.30. The Hall–Kier alpha value is -2.68. The zero-order valence-electron chi connectivity index (χ0n) is 12.0. The molecule has 0 aliphatic rings. The molecule has 24 heavy (non-hydrogen) atoms. The molecule has 3 rings (SSSR count). The van der Waals surface area contributed by atoms with E-state index in [0.29, 0.717) is 15.1 Å². The first-order chi connectivity index (χ1) is 11.3. The van der Waals surface area contributed by atoms with E-state index in [1.54, 1.807) is 6.07 Å². The van der Waals surface area contributed by atoms with Gasteiger partial charge in [0.05, 0.1) is 23.8 Å². The van der Waals surface area contributed by atoms with Gasteiger partial charge < -0.3 is 10.3 Å². The largest absolute Gasteiger partial charge is 0.416 e. The number of halogens is 3. The van der Waals surface area contributed by atoms with Gasteiger partial charge in [0.25, 0.3) is 11.5 Å². The van der Waals surface area contributed by atoms with Gasteiger partial charge in [0.1, 0.15) is 4.83 Å². The molecule has 5 nitrogen and oxygen atoms in total. The third-order valence-electron chi connectivity index (χ3n) is 3.26. The molecule has 0 radical (unpaired) electrons. The van der Waals surface area contributed by atoms with Gasteiger partial charge in [-0.1, -0.05) is 6.07 Å².